The van der Waals surface area contributed by atoms with Gasteiger partial charge in [0.2, 0.25) is 0 Å². The van der Waals surface area contributed by atoms with Crippen LogP contribution in [0.15, 0.2) is 0 Å². The molecule has 0 saturated heterocycles. The second-order valence-corrected chi connectivity index (χ2v) is 3.29. The van der Waals surface area contributed by atoms with Crippen LogP contribution >= 0.6 is 0 Å². The number of aliphatic hydroxyl groups is 2. The number of hydrogen-bond acceptors (Lipinski definition) is 3. The van der Waals surface area contributed by atoms with Crippen LogP contribution in [0, 0.1) is 11.8 Å². The lowest BCUT2D eigenvalue weighted by atomic mass is 9.78. The normalized spacial score (nSPS) is 45.4. The largest absolute Gasteiger partial charge is 0.393 e. The van der Waals surface area contributed by atoms with Crippen LogP contribution in [-0.2, 0) is 4.79 Å². The molecule has 0 aromatic heterocycles. The van der Waals surface area contributed by atoms with Gasteiger partial charge in [0.15, 0.2) is 0 Å². The third-order valence-electron chi connectivity index (χ3n) is 2.55. The molecule has 0 aliphatic heterocycles. The zero-order valence-electron chi connectivity index (χ0n) is 6.60. The van der Waals surface area contributed by atoms with Gasteiger partial charge in [-0.05, 0) is 12.8 Å². The van der Waals surface area contributed by atoms with Crippen LogP contribution in [0.4, 0.5) is 0 Å². The summed E-state index contributed by atoms with van der Waals surface area (Å²) in [5.41, 5.74) is 0. The first-order valence-corrected chi connectivity index (χ1v) is 3.98. The maximum Gasteiger partial charge on any atom is 0.125 e. The average Bonchev–Trinajstić information content (AvgIpc) is 2.01. The Hall–Kier alpha value is -0.410. The van der Waals surface area contributed by atoms with Crippen molar-refractivity contribution in [1.82, 2.24) is 0 Å². The fourth-order valence-corrected chi connectivity index (χ4v) is 1.56. The second kappa shape index (κ2) is 3.32. The van der Waals surface area contributed by atoms with E-state index in [0.29, 0.717) is 12.8 Å². The van der Waals surface area contributed by atoms with Crippen molar-refractivity contribution in [3.8, 4) is 0 Å². The van der Waals surface area contributed by atoms with Gasteiger partial charge in [-0.1, -0.05) is 6.92 Å². The van der Waals surface area contributed by atoms with Gasteiger partial charge in [0.05, 0.1) is 12.2 Å². The zero-order chi connectivity index (χ0) is 8.43. The van der Waals surface area contributed by atoms with Gasteiger partial charge in [0, 0.05) is 11.8 Å². The molecule has 1 rings (SSSR count). The molecule has 0 bridgehead atoms. The van der Waals surface area contributed by atoms with Crippen LogP contribution in [0.2, 0.25) is 0 Å². The summed E-state index contributed by atoms with van der Waals surface area (Å²) < 4.78 is 0. The predicted molar refractivity (Wildman–Crippen MR) is 40.0 cm³/mol. The highest BCUT2D eigenvalue weighted by Gasteiger charge is 2.34. The number of aliphatic hydroxyl groups excluding tert-OH is 2. The lowest BCUT2D eigenvalue weighted by Gasteiger charge is -2.33. The smallest absolute Gasteiger partial charge is 0.125 e. The summed E-state index contributed by atoms with van der Waals surface area (Å²) in [7, 11) is 0. The minimum atomic E-state index is -0.656. The maximum absolute atomic E-state index is 10.4. The molecule has 0 heterocycles. The Kier molecular flexibility index (Phi) is 2.62. The molecule has 1 aliphatic rings. The molecule has 1 aliphatic carbocycles. The van der Waals surface area contributed by atoms with Crippen molar-refractivity contribution in [2.75, 3.05) is 0 Å². The van der Waals surface area contributed by atoms with Crippen LogP contribution in [-0.4, -0.2) is 28.7 Å². The van der Waals surface area contributed by atoms with Crippen molar-refractivity contribution < 1.29 is 15.0 Å². The SMILES string of the molecule is CC1C(O)CCC(C=O)C1O. The molecule has 4 atom stereocenters. The molecule has 0 aromatic rings. The van der Waals surface area contributed by atoms with Crippen molar-refractivity contribution in [2.24, 2.45) is 11.8 Å². The molecular formula is C8H14O3. The standard InChI is InChI=1S/C8H14O3/c1-5-7(10)3-2-6(4-9)8(5)11/h4-8,10-11H,2-3H2,1H3. The van der Waals surface area contributed by atoms with Gasteiger partial charge >= 0.3 is 0 Å². The Morgan fingerprint density at radius 3 is 2.55 bits per heavy atom. The first-order valence-electron chi connectivity index (χ1n) is 3.98. The number of rotatable bonds is 1. The van der Waals surface area contributed by atoms with Crippen molar-refractivity contribution in [3.63, 3.8) is 0 Å². The lowest BCUT2D eigenvalue weighted by molar-refractivity contribution is -0.121. The fraction of sp³-hybridized carbons (Fsp3) is 0.875. The Balaban J connectivity index is 2.58. The van der Waals surface area contributed by atoms with Gasteiger partial charge in [0.1, 0.15) is 6.29 Å². The summed E-state index contributed by atoms with van der Waals surface area (Å²) in [6.45, 7) is 1.77. The molecular weight excluding hydrogens is 144 g/mol. The Morgan fingerprint density at radius 1 is 1.36 bits per heavy atom. The molecule has 0 spiro atoms. The van der Waals surface area contributed by atoms with Crippen LogP contribution in [0.25, 0.3) is 0 Å². The topological polar surface area (TPSA) is 57.5 Å². The zero-order valence-corrected chi connectivity index (χ0v) is 6.60. The van der Waals surface area contributed by atoms with Gasteiger partial charge in [-0.3, -0.25) is 0 Å². The van der Waals surface area contributed by atoms with Crippen LogP contribution < -0.4 is 0 Å². The molecule has 2 N–H and O–H groups in total. The van der Waals surface area contributed by atoms with E-state index < -0.39 is 12.2 Å². The van der Waals surface area contributed by atoms with Gasteiger partial charge < -0.3 is 15.0 Å². The van der Waals surface area contributed by atoms with E-state index in [1.807, 2.05) is 0 Å². The van der Waals surface area contributed by atoms with E-state index in [2.05, 4.69) is 0 Å². The van der Waals surface area contributed by atoms with E-state index in [0.717, 1.165) is 6.29 Å². The van der Waals surface area contributed by atoms with E-state index in [1.54, 1.807) is 6.92 Å². The first-order chi connectivity index (χ1) is 5.16. The molecule has 0 aromatic carbocycles. The van der Waals surface area contributed by atoms with E-state index in [-0.39, 0.29) is 11.8 Å². The fourth-order valence-electron chi connectivity index (χ4n) is 1.56. The highest BCUT2D eigenvalue weighted by molar-refractivity contribution is 5.54. The van der Waals surface area contributed by atoms with E-state index in [1.165, 1.54) is 0 Å². The quantitative estimate of drug-likeness (QED) is 0.526. The molecule has 4 unspecified atom stereocenters. The summed E-state index contributed by atoms with van der Waals surface area (Å²) in [5.74, 6) is -0.438. The molecule has 64 valence electrons. The molecule has 3 nitrogen and oxygen atoms in total. The third kappa shape index (κ3) is 1.60. The summed E-state index contributed by atoms with van der Waals surface area (Å²) in [5, 5.41) is 18.7. The highest BCUT2D eigenvalue weighted by atomic mass is 16.3. The Morgan fingerprint density at radius 2 is 2.00 bits per heavy atom. The lowest BCUT2D eigenvalue weighted by Crippen LogP contribution is -2.40. The van der Waals surface area contributed by atoms with E-state index in [4.69, 9.17) is 0 Å². The summed E-state index contributed by atoms with van der Waals surface area (Å²) >= 11 is 0. The number of carbonyl (C=O) groups excluding carboxylic acids is 1. The minimum Gasteiger partial charge on any atom is -0.393 e. The molecule has 1 saturated carbocycles. The number of carbonyl (C=O) groups is 1. The predicted octanol–water partition coefficient (Wildman–Crippen LogP) is -0.0468. The molecule has 0 radical (unpaired) electrons. The second-order valence-electron chi connectivity index (χ2n) is 3.29. The first kappa shape index (κ1) is 8.68. The highest BCUT2D eigenvalue weighted by Crippen LogP contribution is 2.28. The van der Waals surface area contributed by atoms with Crippen molar-refractivity contribution in [1.29, 1.82) is 0 Å². The van der Waals surface area contributed by atoms with Crippen molar-refractivity contribution in [2.45, 2.75) is 32.0 Å². The Bertz CT molecular complexity index is 146. The summed E-state index contributed by atoms with van der Waals surface area (Å²) in [6.07, 6.45) is 0.919. The monoisotopic (exact) mass is 158 g/mol. The van der Waals surface area contributed by atoms with Crippen molar-refractivity contribution >= 4 is 6.29 Å². The van der Waals surface area contributed by atoms with E-state index >= 15 is 0 Å². The average molecular weight is 158 g/mol. The molecule has 11 heavy (non-hydrogen) atoms. The van der Waals surface area contributed by atoms with Gasteiger partial charge in [-0.2, -0.15) is 0 Å². The number of aldehydes is 1. The molecule has 3 heteroatoms. The summed E-state index contributed by atoms with van der Waals surface area (Å²) in [4.78, 5) is 10.4. The Labute approximate surface area is 66.0 Å². The van der Waals surface area contributed by atoms with Gasteiger partial charge in [-0.25, -0.2) is 0 Å². The van der Waals surface area contributed by atoms with Crippen LogP contribution in [0.5, 0.6) is 0 Å². The van der Waals surface area contributed by atoms with Gasteiger partial charge in [-0.15, -0.1) is 0 Å². The van der Waals surface area contributed by atoms with Crippen LogP contribution in [0.3, 0.4) is 0 Å². The maximum atomic E-state index is 10.4. The number of hydrogen-bond donors (Lipinski definition) is 2. The molecule has 1 fully saturated rings. The van der Waals surface area contributed by atoms with Crippen molar-refractivity contribution in [3.05, 3.63) is 0 Å². The summed E-state index contributed by atoms with van der Waals surface area (Å²) in [6, 6.07) is 0. The van der Waals surface area contributed by atoms with E-state index in [9.17, 15) is 15.0 Å². The minimum absolute atomic E-state index is 0.168. The molecule has 0 amide bonds. The van der Waals surface area contributed by atoms with Crippen LogP contribution in [0.1, 0.15) is 19.8 Å². The third-order valence-corrected chi connectivity index (χ3v) is 2.55. The van der Waals surface area contributed by atoms with Gasteiger partial charge in [0.25, 0.3) is 0 Å².